The number of hydrazone groups is 1. The highest BCUT2D eigenvalue weighted by atomic mass is 16.2. The molecule has 0 radical (unpaired) electrons. The van der Waals surface area contributed by atoms with Crippen LogP contribution in [0.25, 0.3) is 0 Å². The van der Waals surface area contributed by atoms with E-state index >= 15 is 0 Å². The van der Waals surface area contributed by atoms with Crippen LogP contribution in [0, 0.1) is 11.8 Å². The van der Waals surface area contributed by atoms with Gasteiger partial charge in [0, 0.05) is 5.56 Å². The summed E-state index contributed by atoms with van der Waals surface area (Å²) in [5, 5.41) is 6.07. The van der Waals surface area contributed by atoms with Crippen molar-refractivity contribution in [2.75, 3.05) is 4.90 Å². The first kappa shape index (κ1) is 18.4. The van der Waals surface area contributed by atoms with E-state index in [1.807, 2.05) is 24.3 Å². The first-order valence-corrected chi connectivity index (χ1v) is 9.80. The van der Waals surface area contributed by atoms with Gasteiger partial charge in [-0.1, -0.05) is 24.3 Å². The van der Waals surface area contributed by atoms with Gasteiger partial charge in [-0.2, -0.15) is 5.10 Å². The third kappa shape index (κ3) is 2.41. The smallest absolute Gasteiger partial charge is 0.240 e. The summed E-state index contributed by atoms with van der Waals surface area (Å²) in [5.74, 6) is -2.53. The molecule has 2 saturated heterocycles. The van der Waals surface area contributed by atoms with Crippen molar-refractivity contribution in [3.8, 4) is 0 Å². The molecule has 2 fully saturated rings. The summed E-state index contributed by atoms with van der Waals surface area (Å²) in [6, 6.07) is 12.7. The molecule has 3 aliphatic heterocycles. The second-order valence-electron chi connectivity index (χ2n) is 7.92. The van der Waals surface area contributed by atoms with Gasteiger partial charge in [0.15, 0.2) is 11.6 Å². The van der Waals surface area contributed by atoms with Gasteiger partial charge in [-0.3, -0.25) is 24.2 Å². The quantitative estimate of drug-likeness (QED) is 0.582. The lowest BCUT2D eigenvalue weighted by atomic mass is 9.84. The number of carbonyl (C=O) groups excluding carboxylic acids is 4. The number of fused-ring (bicyclic) bond motifs is 5. The number of hydrogen-bond acceptors (Lipinski definition) is 6. The van der Waals surface area contributed by atoms with E-state index in [0.717, 1.165) is 16.0 Å². The van der Waals surface area contributed by atoms with Crippen molar-refractivity contribution in [3.63, 3.8) is 0 Å². The number of hydrogen-bond donors (Lipinski definition) is 0. The van der Waals surface area contributed by atoms with Crippen molar-refractivity contribution in [1.82, 2.24) is 5.01 Å². The Morgan fingerprint density at radius 2 is 1.57 bits per heavy atom. The summed E-state index contributed by atoms with van der Waals surface area (Å²) < 4.78 is 0. The van der Waals surface area contributed by atoms with Gasteiger partial charge < -0.3 is 0 Å². The van der Waals surface area contributed by atoms with Crippen LogP contribution in [0.4, 0.5) is 5.69 Å². The zero-order chi connectivity index (χ0) is 21.2. The van der Waals surface area contributed by atoms with Crippen molar-refractivity contribution in [3.05, 3.63) is 65.2 Å². The van der Waals surface area contributed by atoms with Crippen LogP contribution in [-0.4, -0.2) is 40.6 Å². The number of ketones is 2. The molecule has 0 bridgehead atoms. The average molecular weight is 401 g/mol. The molecule has 3 aliphatic rings. The summed E-state index contributed by atoms with van der Waals surface area (Å²) in [4.78, 5) is 52.1. The largest absolute Gasteiger partial charge is 0.298 e. The van der Waals surface area contributed by atoms with Crippen LogP contribution in [0.15, 0.2) is 53.6 Å². The summed E-state index contributed by atoms with van der Waals surface area (Å²) in [6.45, 7) is 2.89. The number of Topliss-reactive ketones (excluding diaryl/α,β-unsaturated/α-hetero) is 2. The molecule has 4 atom stereocenters. The van der Waals surface area contributed by atoms with Crippen LogP contribution >= 0.6 is 0 Å². The SMILES string of the molecule is CC(=O)c1ccc(N2C(=O)[C@@H]3[C@H](C2=O)[C@@H]2c4ccccc4C=NN2[C@@H]3C(C)=O)cc1. The Balaban J connectivity index is 1.60. The summed E-state index contributed by atoms with van der Waals surface area (Å²) >= 11 is 0. The van der Waals surface area contributed by atoms with Crippen LogP contribution < -0.4 is 4.90 Å². The van der Waals surface area contributed by atoms with E-state index in [-0.39, 0.29) is 17.5 Å². The van der Waals surface area contributed by atoms with Crippen LogP contribution in [0.3, 0.4) is 0 Å². The second kappa shape index (κ2) is 6.45. The maximum atomic E-state index is 13.5. The molecule has 0 aliphatic carbocycles. The van der Waals surface area contributed by atoms with E-state index in [9.17, 15) is 19.2 Å². The molecular formula is C23H19N3O4. The molecule has 0 spiro atoms. The minimum atomic E-state index is -0.796. The molecule has 30 heavy (non-hydrogen) atoms. The third-order valence-corrected chi connectivity index (χ3v) is 6.24. The van der Waals surface area contributed by atoms with Gasteiger partial charge in [0.2, 0.25) is 11.8 Å². The number of rotatable bonds is 3. The van der Waals surface area contributed by atoms with E-state index < -0.39 is 29.8 Å². The molecule has 7 heteroatoms. The molecule has 5 rings (SSSR count). The fourth-order valence-corrected chi connectivity index (χ4v) is 4.92. The van der Waals surface area contributed by atoms with E-state index in [2.05, 4.69) is 5.10 Å². The van der Waals surface area contributed by atoms with Gasteiger partial charge in [0.25, 0.3) is 0 Å². The van der Waals surface area contributed by atoms with Crippen LogP contribution in [0.1, 0.15) is 41.4 Å². The van der Waals surface area contributed by atoms with Crippen molar-refractivity contribution in [1.29, 1.82) is 0 Å². The summed E-state index contributed by atoms with van der Waals surface area (Å²) in [7, 11) is 0. The Hall–Kier alpha value is -3.61. The van der Waals surface area contributed by atoms with Crippen molar-refractivity contribution < 1.29 is 19.2 Å². The molecule has 7 nitrogen and oxygen atoms in total. The predicted octanol–water partition coefficient (Wildman–Crippen LogP) is 2.36. The van der Waals surface area contributed by atoms with Gasteiger partial charge in [0.1, 0.15) is 6.04 Å². The number of benzene rings is 2. The minimum Gasteiger partial charge on any atom is -0.298 e. The van der Waals surface area contributed by atoms with Gasteiger partial charge in [-0.15, -0.1) is 0 Å². The maximum Gasteiger partial charge on any atom is 0.240 e. The molecule has 150 valence electrons. The van der Waals surface area contributed by atoms with E-state index in [0.29, 0.717) is 11.3 Å². The first-order valence-electron chi connectivity index (χ1n) is 9.80. The number of carbonyl (C=O) groups is 4. The van der Waals surface area contributed by atoms with Gasteiger partial charge in [-0.05, 0) is 49.2 Å². The molecule has 0 saturated carbocycles. The Morgan fingerprint density at radius 1 is 0.900 bits per heavy atom. The lowest BCUT2D eigenvalue weighted by Gasteiger charge is -2.33. The van der Waals surface area contributed by atoms with Crippen molar-refractivity contribution in [2.24, 2.45) is 16.9 Å². The van der Waals surface area contributed by atoms with Crippen LogP contribution in [0.2, 0.25) is 0 Å². The van der Waals surface area contributed by atoms with E-state index in [1.54, 1.807) is 35.5 Å². The highest BCUT2D eigenvalue weighted by Gasteiger charge is 2.64. The monoisotopic (exact) mass is 401 g/mol. The van der Waals surface area contributed by atoms with Gasteiger partial charge in [0.05, 0.1) is 29.8 Å². The lowest BCUT2D eigenvalue weighted by molar-refractivity contribution is -0.129. The Kier molecular flexibility index (Phi) is 3.96. The van der Waals surface area contributed by atoms with E-state index in [4.69, 9.17) is 0 Å². The number of nitrogens with zero attached hydrogens (tertiary/aromatic N) is 3. The minimum absolute atomic E-state index is 0.0959. The van der Waals surface area contributed by atoms with E-state index in [1.165, 1.54) is 13.8 Å². The van der Waals surface area contributed by atoms with Crippen LogP contribution in [-0.2, 0) is 14.4 Å². The highest BCUT2D eigenvalue weighted by molar-refractivity contribution is 6.24. The number of amides is 2. The molecule has 2 amide bonds. The van der Waals surface area contributed by atoms with Crippen LogP contribution in [0.5, 0.6) is 0 Å². The predicted molar refractivity (Wildman–Crippen MR) is 109 cm³/mol. The van der Waals surface area contributed by atoms with Gasteiger partial charge in [-0.25, -0.2) is 4.90 Å². The summed E-state index contributed by atoms with van der Waals surface area (Å²) in [6.07, 6.45) is 1.68. The van der Waals surface area contributed by atoms with Crippen molar-refractivity contribution in [2.45, 2.75) is 25.9 Å². The molecule has 0 aromatic heterocycles. The fourth-order valence-electron chi connectivity index (χ4n) is 4.92. The number of anilines is 1. The molecular weight excluding hydrogens is 382 g/mol. The molecule has 2 aromatic rings. The Bertz CT molecular complexity index is 1140. The summed E-state index contributed by atoms with van der Waals surface area (Å²) in [5.41, 5.74) is 2.68. The zero-order valence-electron chi connectivity index (χ0n) is 16.5. The third-order valence-electron chi connectivity index (χ3n) is 6.24. The van der Waals surface area contributed by atoms with Crippen molar-refractivity contribution >= 4 is 35.3 Å². The molecule has 2 aromatic carbocycles. The molecule has 3 heterocycles. The second-order valence-corrected chi connectivity index (χ2v) is 7.92. The lowest BCUT2D eigenvalue weighted by Crippen LogP contribution is -2.43. The van der Waals surface area contributed by atoms with Gasteiger partial charge >= 0.3 is 0 Å². The first-order chi connectivity index (χ1) is 14.4. The normalized spacial score (nSPS) is 26.5. The number of imide groups is 1. The zero-order valence-corrected chi connectivity index (χ0v) is 16.5. The highest BCUT2D eigenvalue weighted by Crippen LogP contribution is 2.52. The Morgan fingerprint density at radius 3 is 2.23 bits per heavy atom. The average Bonchev–Trinajstić information content (AvgIpc) is 3.21. The fraction of sp³-hybridized carbons (Fsp3) is 0.261. The molecule has 0 unspecified atom stereocenters. The molecule has 0 N–H and O–H groups in total. The topological polar surface area (TPSA) is 87.1 Å². The Labute approximate surface area is 173 Å². The maximum absolute atomic E-state index is 13.5. The standard InChI is InChI=1S/C23H19N3O4/c1-12(27)14-7-9-16(10-8-14)25-22(29)18-19(23(25)30)21-17-6-4-3-5-15(17)11-24-26(21)20(18)13(2)28/h3-11,18-21H,1-2H3/t18-,19+,20-,21+/m1/s1.